The van der Waals surface area contributed by atoms with Crippen molar-refractivity contribution in [3.63, 3.8) is 0 Å². The Morgan fingerprint density at radius 3 is 2.40 bits per heavy atom. The van der Waals surface area contributed by atoms with Gasteiger partial charge in [0.25, 0.3) is 5.91 Å². The Kier molecular flexibility index (Phi) is 9.93. The van der Waals surface area contributed by atoms with Crippen LogP contribution in [-0.4, -0.2) is 55.5 Å². The number of benzene rings is 2. The summed E-state index contributed by atoms with van der Waals surface area (Å²) in [6, 6.07) is 16.8. The SMILES string of the molecule is C=CCN(CC(=O)N(CCc1ccc(OC)c(OC)c1)Cc1cccs1)C(=O)c1ccc(Br)cc1. The van der Waals surface area contributed by atoms with Crippen molar-refractivity contribution in [2.45, 2.75) is 13.0 Å². The van der Waals surface area contributed by atoms with E-state index >= 15 is 0 Å². The van der Waals surface area contributed by atoms with Crippen LogP contribution in [-0.2, 0) is 17.8 Å². The van der Waals surface area contributed by atoms with E-state index in [4.69, 9.17) is 9.47 Å². The van der Waals surface area contributed by atoms with Crippen LogP contribution < -0.4 is 9.47 Å². The van der Waals surface area contributed by atoms with Gasteiger partial charge in [-0.05, 0) is 59.8 Å². The lowest BCUT2D eigenvalue weighted by molar-refractivity contribution is -0.132. The number of hydrogen-bond donors (Lipinski definition) is 0. The number of ether oxygens (including phenoxy) is 2. The smallest absolute Gasteiger partial charge is 0.254 e. The van der Waals surface area contributed by atoms with Crippen LogP contribution in [0.3, 0.4) is 0 Å². The fourth-order valence-corrected chi connectivity index (χ4v) is 4.58. The second kappa shape index (κ2) is 13.1. The molecule has 2 aromatic carbocycles. The number of hydrogen-bond acceptors (Lipinski definition) is 5. The van der Waals surface area contributed by atoms with Gasteiger partial charge in [0.1, 0.15) is 6.54 Å². The molecule has 184 valence electrons. The summed E-state index contributed by atoms with van der Waals surface area (Å²) in [6.45, 7) is 5.00. The van der Waals surface area contributed by atoms with E-state index in [0.29, 0.717) is 36.6 Å². The molecule has 0 saturated carbocycles. The summed E-state index contributed by atoms with van der Waals surface area (Å²) in [4.78, 5) is 30.9. The first-order valence-corrected chi connectivity index (χ1v) is 12.8. The average molecular weight is 558 g/mol. The van der Waals surface area contributed by atoms with Gasteiger partial charge in [-0.15, -0.1) is 17.9 Å². The molecule has 35 heavy (non-hydrogen) atoms. The minimum atomic E-state index is -0.207. The Hall–Kier alpha value is -3.10. The molecule has 3 aromatic rings. The number of rotatable bonds is 12. The first kappa shape index (κ1) is 26.5. The molecule has 0 aliphatic carbocycles. The van der Waals surface area contributed by atoms with Crippen LogP contribution in [0.4, 0.5) is 0 Å². The minimum absolute atomic E-state index is 0.0295. The van der Waals surface area contributed by atoms with Gasteiger partial charge in [0.2, 0.25) is 5.91 Å². The maximum absolute atomic E-state index is 13.4. The molecule has 0 aliphatic rings. The molecule has 2 amide bonds. The zero-order chi connectivity index (χ0) is 25.2. The molecule has 8 heteroatoms. The third-order valence-corrected chi connectivity index (χ3v) is 6.84. The van der Waals surface area contributed by atoms with Crippen LogP contribution in [0.5, 0.6) is 11.5 Å². The summed E-state index contributed by atoms with van der Waals surface area (Å²) in [6.07, 6.45) is 2.27. The second-order valence-corrected chi connectivity index (χ2v) is 9.76. The van der Waals surface area contributed by atoms with Crippen LogP contribution in [0.1, 0.15) is 20.8 Å². The number of halogens is 1. The monoisotopic (exact) mass is 556 g/mol. The summed E-state index contributed by atoms with van der Waals surface area (Å²) < 4.78 is 11.6. The fraction of sp³-hybridized carbons (Fsp3) is 0.259. The predicted molar refractivity (Wildman–Crippen MR) is 143 cm³/mol. The molecular weight excluding hydrogens is 528 g/mol. The average Bonchev–Trinajstić information content (AvgIpc) is 3.39. The molecule has 1 aromatic heterocycles. The van der Waals surface area contributed by atoms with Gasteiger partial charge < -0.3 is 19.3 Å². The van der Waals surface area contributed by atoms with E-state index in [1.165, 1.54) is 4.90 Å². The Morgan fingerprint density at radius 1 is 1.03 bits per heavy atom. The van der Waals surface area contributed by atoms with E-state index in [2.05, 4.69) is 22.5 Å². The van der Waals surface area contributed by atoms with Crippen molar-refractivity contribution < 1.29 is 19.1 Å². The number of carbonyl (C=O) groups excluding carboxylic acids is 2. The number of methoxy groups -OCH3 is 2. The van der Waals surface area contributed by atoms with Crippen molar-refractivity contribution in [3.8, 4) is 11.5 Å². The number of amides is 2. The molecule has 0 unspecified atom stereocenters. The van der Waals surface area contributed by atoms with E-state index in [9.17, 15) is 9.59 Å². The molecule has 0 fully saturated rings. The molecule has 0 spiro atoms. The summed E-state index contributed by atoms with van der Waals surface area (Å²) in [5.41, 5.74) is 1.55. The number of nitrogens with zero attached hydrogens (tertiary/aromatic N) is 2. The highest BCUT2D eigenvalue weighted by molar-refractivity contribution is 9.10. The van der Waals surface area contributed by atoms with E-state index in [-0.39, 0.29) is 24.9 Å². The zero-order valence-electron chi connectivity index (χ0n) is 19.9. The highest BCUT2D eigenvalue weighted by Crippen LogP contribution is 2.28. The molecule has 0 bridgehead atoms. The maximum atomic E-state index is 13.4. The van der Waals surface area contributed by atoms with Crippen molar-refractivity contribution in [3.05, 3.63) is 93.1 Å². The summed E-state index contributed by atoms with van der Waals surface area (Å²) in [5, 5.41) is 1.99. The van der Waals surface area contributed by atoms with Crippen LogP contribution in [0.25, 0.3) is 0 Å². The van der Waals surface area contributed by atoms with E-state index < -0.39 is 0 Å². The Labute approximate surface area is 218 Å². The molecule has 0 saturated heterocycles. The van der Waals surface area contributed by atoms with E-state index in [0.717, 1.165) is 14.9 Å². The van der Waals surface area contributed by atoms with Crippen molar-refractivity contribution in [1.29, 1.82) is 0 Å². The molecule has 0 N–H and O–H groups in total. The second-order valence-electron chi connectivity index (χ2n) is 7.82. The molecule has 6 nitrogen and oxygen atoms in total. The van der Waals surface area contributed by atoms with Gasteiger partial charge >= 0.3 is 0 Å². The molecule has 0 atom stereocenters. The number of thiophene rings is 1. The Bertz CT molecular complexity index is 1130. The first-order valence-electron chi connectivity index (χ1n) is 11.1. The summed E-state index contributed by atoms with van der Waals surface area (Å²) in [5.74, 6) is 0.987. The standard InChI is InChI=1S/C27H29BrN2O4S/c1-4-14-30(27(32)21-8-10-22(28)11-9-21)19-26(31)29(18-23-6-5-16-35-23)15-13-20-7-12-24(33-2)25(17-20)34-3/h4-12,16-17H,1,13-15,18-19H2,2-3H3. The molecule has 0 aliphatic heterocycles. The molecule has 0 radical (unpaired) electrons. The van der Waals surface area contributed by atoms with Crippen molar-refractivity contribution in [2.75, 3.05) is 33.9 Å². The van der Waals surface area contributed by atoms with Gasteiger partial charge in [0.05, 0.1) is 20.8 Å². The fourth-order valence-electron chi connectivity index (χ4n) is 3.60. The topological polar surface area (TPSA) is 59.1 Å². The van der Waals surface area contributed by atoms with Crippen molar-refractivity contribution in [1.82, 2.24) is 9.80 Å². The Balaban J connectivity index is 1.75. The zero-order valence-corrected chi connectivity index (χ0v) is 22.3. The quantitative estimate of drug-likeness (QED) is 0.279. The highest BCUT2D eigenvalue weighted by atomic mass is 79.9. The van der Waals surface area contributed by atoms with Gasteiger partial charge in [-0.25, -0.2) is 0 Å². The van der Waals surface area contributed by atoms with Gasteiger partial charge in [-0.1, -0.05) is 34.1 Å². The van der Waals surface area contributed by atoms with Gasteiger partial charge in [-0.3, -0.25) is 9.59 Å². The lowest BCUT2D eigenvalue weighted by Gasteiger charge is -2.27. The van der Waals surface area contributed by atoms with E-state index in [1.54, 1.807) is 48.7 Å². The van der Waals surface area contributed by atoms with Crippen LogP contribution in [0, 0.1) is 0 Å². The predicted octanol–water partition coefficient (Wildman–Crippen LogP) is 5.43. The maximum Gasteiger partial charge on any atom is 0.254 e. The minimum Gasteiger partial charge on any atom is -0.493 e. The Morgan fingerprint density at radius 2 is 1.77 bits per heavy atom. The third-order valence-electron chi connectivity index (χ3n) is 5.45. The lowest BCUT2D eigenvalue weighted by atomic mass is 10.1. The first-order chi connectivity index (χ1) is 16.9. The summed E-state index contributed by atoms with van der Waals surface area (Å²) >= 11 is 4.99. The highest BCUT2D eigenvalue weighted by Gasteiger charge is 2.22. The van der Waals surface area contributed by atoms with Gasteiger partial charge in [-0.2, -0.15) is 0 Å². The van der Waals surface area contributed by atoms with Crippen molar-refractivity contribution in [2.24, 2.45) is 0 Å². The van der Waals surface area contributed by atoms with Crippen LogP contribution in [0.2, 0.25) is 0 Å². The normalized spacial score (nSPS) is 10.5. The van der Waals surface area contributed by atoms with Crippen LogP contribution in [0.15, 0.2) is 77.1 Å². The molecular formula is C27H29BrN2O4S. The molecule has 3 rings (SSSR count). The third kappa shape index (κ3) is 7.44. The van der Waals surface area contributed by atoms with E-state index in [1.807, 2.05) is 47.8 Å². The van der Waals surface area contributed by atoms with Gasteiger partial charge in [0.15, 0.2) is 11.5 Å². The van der Waals surface area contributed by atoms with Crippen molar-refractivity contribution >= 4 is 39.1 Å². The van der Waals surface area contributed by atoms with Gasteiger partial charge in [0, 0.05) is 28.0 Å². The summed E-state index contributed by atoms with van der Waals surface area (Å²) in [7, 11) is 3.20. The largest absolute Gasteiger partial charge is 0.493 e. The lowest BCUT2D eigenvalue weighted by Crippen LogP contribution is -2.43. The molecule has 1 heterocycles. The number of carbonyl (C=O) groups is 2. The van der Waals surface area contributed by atoms with Crippen LogP contribution >= 0.6 is 27.3 Å².